The van der Waals surface area contributed by atoms with Crippen LogP contribution < -0.4 is 0 Å². The van der Waals surface area contributed by atoms with E-state index in [-0.39, 0.29) is 17.7 Å². The second-order valence-corrected chi connectivity index (χ2v) is 8.41. The molecule has 0 spiro atoms. The molecule has 0 bridgehead atoms. The van der Waals surface area contributed by atoms with Crippen molar-refractivity contribution >= 4 is 11.8 Å². The zero-order valence-electron chi connectivity index (χ0n) is 17.2. The van der Waals surface area contributed by atoms with Crippen LogP contribution >= 0.6 is 0 Å². The van der Waals surface area contributed by atoms with Gasteiger partial charge >= 0.3 is 0 Å². The van der Waals surface area contributed by atoms with Crippen molar-refractivity contribution < 1.29 is 14.3 Å². The molecule has 7 heteroatoms. The first-order valence-corrected chi connectivity index (χ1v) is 11.0. The molecule has 3 aliphatic heterocycles. The number of hydrogen-bond donors (Lipinski definition) is 0. The quantitative estimate of drug-likeness (QED) is 0.747. The monoisotopic (exact) mass is 400 g/mol. The number of ether oxygens (including phenoxy) is 1. The third-order valence-corrected chi connectivity index (χ3v) is 6.62. The molecule has 158 valence electrons. The van der Waals surface area contributed by atoms with E-state index < -0.39 is 0 Å². The third-order valence-electron chi connectivity index (χ3n) is 6.62. The van der Waals surface area contributed by atoms with Crippen molar-refractivity contribution in [3.05, 3.63) is 30.1 Å². The van der Waals surface area contributed by atoms with E-state index in [0.29, 0.717) is 31.8 Å². The van der Waals surface area contributed by atoms with Crippen molar-refractivity contribution in [2.24, 2.45) is 5.92 Å². The fraction of sp³-hybridized carbons (Fsp3) is 0.682. The highest BCUT2D eigenvalue weighted by Crippen LogP contribution is 2.29. The minimum Gasteiger partial charge on any atom is -0.379 e. The van der Waals surface area contributed by atoms with Gasteiger partial charge in [0.1, 0.15) is 0 Å². The fourth-order valence-corrected chi connectivity index (χ4v) is 4.75. The highest BCUT2D eigenvalue weighted by Gasteiger charge is 2.34. The molecule has 0 saturated carbocycles. The zero-order valence-corrected chi connectivity index (χ0v) is 17.2. The number of carbonyl (C=O) groups excluding carboxylic acids is 2. The molecule has 0 N–H and O–H groups in total. The Bertz CT molecular complexity index is 685. The van der Waals surface area contributed by atoms with E-state index in [4.69, 9.17) is 4.74 Å². The van der Waals surface area contributed by atoms with Crippen LogP contribution in [0.3, 0.4) is 0 Å². The van der Waals surface area contributed by atoms with Gasteiger partial charge < -0.3 is 14.5 Å². The maximum atomic E-state index is 13.1. The van der Waals surface area contributed by atoms with Crippen molar-refractivity contribution in [1.29, 1.82) is 0 Å². The van der Waals surface area contributed by atoms with Crippen molar-refractivity contribution in [3.8, 4) is 0 Å². The van der Waals surface area contributed by atoms with E-state index in [9.17, 15) is 9.59 Å². The van der Waals surface area contributed by atoms with Crippen molar-refractivity contribution in [2.75, 3.05) is 59.0 Å². The topological polar surface area (TPSA) is 66.0 Å². The number of pyridine rings is 1. The van der Waals surface area contributed by atoms with Gasteiger partial charge in [-0.25, -0.2) is 0 Å². The number of nitrogens with zero attached hydrogens (tertiary/aromatic N) is 4. The molecular formula is C22H32N4O3. The fourth-order valence-electron chi connectivity index (χ4n) is 4.75. The second kappa shape index (κ2) is 9.67. The lowest BCUT2D eigenvalue weighted by atomic mass is 9.88. The molecule has 0 aromatic carbocycles. The van der Waals surface area contributed by atoms with Crippen LogP contribution in [0.5, 0.6) is 0 Å². The summed E-state index contributed by atoms with van der Waals surface area (Å²) < 4.78 is 5.39. The summed E-state index contributed by atoms with van der Waals surface area (Å²) in [6.45, 7) is 7.17. The zero-order chi connectivity index (χ0) is 20.1. The molecule has 1 aromatic heterocycles. The lowest BCUT2D eigenvalue weighted by Crippen LogP contribution is -2.50. The van der Waals surface area contributed by atoms with Crippen LogP contribution in [0.2, 0.25) is 0 Å². The SMILES string of the molecule is O=C1CC[C@H](C(=O)N2CCC(c3ccncc3)CC2)CN1CCN1CCOCC1. The highest BCUT2D eigenvalue weighted by molar-refractivity contribution is 5.84. The summed E-state index contributed by atoms with van der Waals surface area (Å²) in [5.41, 5.74) is 1.32. The Balaban J connectivity index is 1.26. The molecule has 4 heterocycles. The minimum absolute atomic E-state index is 0.0464. The van der Waals surface area contributed by atoms with Gasteiger partial charge in [-0.3, -0.25) is 19.5 Å². The number of amides is 2. The predicted molar refractivity (Wildman–Crippen MR) is 109 cm³/mol. The molecule has 29 heavy (non-hydrogen) atoms. The van der Waals surface area contributed by atoms with Crippen LogP contribution in [0.15, 0.2) is 24.5 Å². The van der Waals surface area contributed by atoms with E-state index >= 15 is 0 Å². The molecule has 0 aliphatic carbocycles. The summed E-state index contributed by atoms with van der Waals surface area (Å²) in [6.07, 6.45) is 6.88. The average molecular weight is 401 g/mol. The smallest absolute Gasteiger partial charge is 0.227 e. The summed E-state index contributed by atoms with van der Waals surface area (Å²) in [4.78, 5) is 35.8. The van der Waals surface area contributed by atoms with Gasteiger partial charge in [0.05, 0.1) is 19.1 Å². The van der Waals surface area contributed by atoms with Gasteiger partial charge in [-0.2, -0.15) is 0 Å². The van der Waals surface area contributed by atoms with Crippen LogP contribution in [-0.4, -0.2) is 90.5 Å². The number of hydrogen-bond acceptors (Lipinski definition) is 5. The Labute approximate surface area is 173 Å². The summed E-state index contributed by atoms with van der Waals surface area (Å²) in [5.74, 6) is 0.899. The average Bonchev–Trinajstić information content (AvgIpc) is 2.79. The molecule has 3 saturated heterocycles. The van der Waals surface area contributed by atoms with E-state index in [1.54, 1.807) is 0 Å². The molecule has 3 aliphatic rings. The minimum atomic E-state index is -0.0464. The van der Waals surface area contributed by atoms with Gasteiger partial charge in [0.15, 0.2) is 0 Å². The van der Waals surface area contributed by atoms with Gasteiger partial charge in [-0.15, -0.1) is 0 Å². The number of aromatic nitrogens is 1. The van der Waals surface area contributed by atoms with Gasteiger partial charge in [-0.1, -0.05) is 0 Å². The highest BCUT2D eigenvalue weighted by atomic mass is 16.5. The molecular weight excluding hydrogens is 368 g/mol. The first-order valence-electron chi connectivity index (χ1n) is 11.0. The standard InChI is InChI=1S/C22H32N4O3/c27-21-2-1-20(17-26(21)12-11-24-13-15-29-16-14-24)22(28)25-9-5-19(6-10-25)18-3-7-23-8-4-18/h3-4,7-8,19-20H,1-2,5-6,9-17H2/t20-/m0/s1. The van der Waals surface area contributed by atoms with Crippen LogP contribution in [0.4, 0.5) is 0 Å². The lowest BCUT2D eigenvalue weighted by Gasteiger charge is -2.38. The van der Waals surface area contributed by atoms with Crippen molar-refractivity contribution in [1.82, 2.24) is 19.7 Å². The Morgan fingerprint density at radius 3 is 2.48 bits per heavy atom. The van der Waals surface area contributed by atoms with Crippen LogP contribution in [0, 0.1) is 5.92 Å². The number of carbonyl (C=O) groups is 2. The molecule has 2 amide bonds. The predicted octanol–water partition coefficient (Wildman–Crippen LogP) is 1.36. The Morgan fingerprint density at radius 1 is 1.03 bits per heavy atom. The molecule has 3 fully saturated rings. The van der Waals surface area contributed by atoms with Crippen LogP contribution in [0.25, 0.3) is 0 Å². The first-order chi connectivity index (χ1) is 14.2. The summed E-state index contributed by atoms with van der Waals surface area (Å²) in [5, 5.41) is 0. The number of morpholine rings is 1. The summed E-state index contributed by atoms with van der Waals surface area (Å²) in [6, 6.07) is 4.17. The van der Waals surface area contributed by atoms with Gasteiger partial charge in [0.25, 0.3) is 0 Å². The molecule has 1 atom stereocenters. The van der Waals surface area contributed by atoms with Gasteiger partial charge in [0, 0.05) is 64.6 Å². The summed E-state index contributed by atoms with van der Waals surface area (Å²) in [7, 11) is 0. The van der Waals surface area contributed by atoms with Crippen molar-refractivity contribution in [2.45, 2.75) is 31.6 Å². The number of likely N-dealkylation sites (tertiary alicyclic amines) is 2. The summed E-state index contributed by atoms with van der Waals surface area (Å²) >= 11 is 0. The van der Waals surface area contributed by atoms with E-state index in [1.165, 1.54) is 5.56 Å². The molecule has 1 aromatic rings. The Hall–Kier alpha value is -1.99. The van der Waals surface area contributed by atoms with Crippen LogP contribution in [0.1, 0.15) is 37.2 Å². The van der Waals surface area contributed by atoms with Gasteiger partial charge in [0.2, 0.25) is 11.8 Å². The Morgan fingerprint density at radius 2 is 1.76 bits per heavy atom. The van der Waals surface area contributed by atoms with E-state index in [1.807, 2.05) is 22.2 Å². The second-order valence-electron chi connectivity index (χ2n) is 8.41. The van der Waals surface area contributed by atoms with Gasteiger partial charge in [-0.05, 0) is 42.9 Å². The first kappa shape index (κ1) is 20.3. The van der Waals surface area contributed by atoms with Crippen molar-refractivity contribution in [3.63, 3.8) is 0 Å². The Kier molecular flexibility index (Phi) is 6.77. The number of rotatable bonds is 5. The third kappa shape index (κ3) is 5.14. The molecule has 0 unspecified atom stereocenters. The largest absolute Gasteiger partial charge is 0.379 e. The normalized spacial score (nSPS) is 24.7. The van der Waals surface area contributed by atoms with Crippen LogP contribution in [-0.2, 0) is 14.3 Å². The van der Waals surface area contributed by atoms with E-state index in [2.05, 4.69) is 22.0 Å². The van der Waals surface area contributed by atoms with E-state index in [0.717, 1.165) is 58.8 Å². The maximum absolute atomic E-state index is 13.1. The number of piperidine rings is 2. The maximum Gasteiger partial charge on any atom is 0.227 e. The lowest BCUT2D eigenvalue weighted by molar-refractivity contribution is -0.144. The molecule has 4 rings (SSSR count). The molecule has 7 nitrogen and oxygen atoms in total. The molecule has 0 radical (unpaired) electrons.